The number of allylic oxidation sites excluding steroid dienone is 6. The van der Waals surface area contributed by atoms with Crippen molar-refractivity contribution in [3.05, 3.63) is 36.5 Å². The number of hydrogen-bond acceptors (Lipinski definition) is 7. The van der Waals surface area contributed by atoms with Crippen LogP contribution in [0.15, 0.2) is 36.5 Å². The molecule has 9 nitrogen and oxygen atoms in total. The van der Waals surface area contributed by atoms with Gasteiger partial charge in [-0.05, 0) is 51.4 Å². The number of aliphatic hydroxyl groups excluding tert-OH is 1. The molecule has 0 aromatic rings. The van der Waals surface area contributed by atoms with Crippen LogP contribution < -0.4 is 5.32 Å². The average Bonchev–Trinajstić information content (AvgIpc) is 3.27. The zero-order valence-electron chi connectivity index (χ0n) is 41.0. The van der Waals surface area contributed by atoms with Crippen molar-refractivity contribution in [1.82, 2.24) is 5.32 Å². The highest BCUT2D eigenvalue weighted by Crippen LogP contribution is 2.42. The van der Waals surface area contributed by atoms with E-state index in [0.29, 0.717) is 6.42 Å². The lowest BCUT2D eigenvalue weighted by atomic mass is 10.0. The number of phosphoric acid groups is 1. The molecule has 3 N–H and O–H groups in total. The zero-order valence-corrected chi connectivity index (χ0v) is 41.9. The van der Waals surface area contributed by atoms with Gasteiger partial charge in [0.25, 0.3) is 0 Å². The summed E-state index contributed by atoms with van der Waals surface area (Å²) in [4.78, 5) is 34.1. The minimum atomic E-state index is -4.42. The summed E-state index contributed by atoms with van der Waals surface area (Å²) in [6, 6.07) is 0. The van der Waals surface area contributed by atoms with Crippen molar-refractivity contribution in [3.63, 3.8) is 0 Å². The van der Waals surface area contributed by atoms with Crippen LogP contribution in [-0.4, -0.2) is 54.3 Å². The first-order valence-electron chi connectivity index (χ1n) is 26.5. The van der Waals surface area contributed by atoms with Crippen molar-refractivity contribution in [2.24, 2.45) is 0 Å². The fraction of sp³-hybridized carbons (Fsp3) is 0.849. The zero-order chi connectivity index (χ0) is 46.0. The van der Waals surface area contributed by atoms with Crippen molar-refractivity contribution < 1.29 is 37.9 Å². The normalized spacial score (nSPS) is 13.4. The van der Waals surface area contributed by atoms with Gasteiger partial charge in [-0.1, -0.05) is 230 Å². The van der Waals surface area contributed by atoms with Gasteiger partial charge in [0.05, 0.1) is 13.2 Å². The molecule has 0 spiro atoms. The molecule has 0 fully saturated rings. The first-order valence-corrected chi connectivity index (χ1v) is 28.0. The van der Waals surface area contributed by atoms with Crippen LogP contribution in [0.4, 0.5) is 0 Å². The van der Waals surface area contributed by atoms with Gasteiger partial charge in [0.1, 0.15) is 12.7 Å². The molecule has 0 heterocycles. The van der Waals surface area contributed by atoms with Crippen LogP contribution in [0, 0.1) is 0 Å². The van der Waals surface area contributed by atoms with E-state index in [0.717, 1.165) is 51.4 Å². The molecule has 0 aromatic carbocycles. The number of carbonyl (C=O) groups is 2. The summed E-state index contributed by atoms with van der Waals surface area (Å²) in [5.41, 5.74) is 0. The van der Waals surface area contributed by atoms with E-state index in [9.17, 15) is 24.2 Å². The largest absolute Gasteiger partial charge is 0.472 e. The van der Waals surface area contributed by atoms with Crippen LogP contribution in [0.3, 0.4) is 0 Å². The van der Waals surface area contributed by atoms with E-state index in [1.165, 1.54) is 180 Å². The number of esters is 1. The standard InChI is InChI=1S/C53H100NO8P/c1-3-5-7-9-11-13-15-17-19-21-23-24-25-26-28-30-32-34-36-38-40-42-44-46-53(57)60-49-51(55)50-62-63(58,59)61-48-47-54-52(56)45-43-41-39-37-35-33-31-29-27-22-20-18-16-14-12-10-8-6-4-2/h11,13,17,19,23-24,51,55H,3-10,12,14-16,18,20-22,25-50H2,1-2H3,(H,54,56)(H,58,59)/b13-11-,19-17-,24-23-. The van der Waals surface area contributed by atoms with Crippen LogP contribution >= 0.6 is 7.82 Å². The Morgan fingerprint density at radius 2 is 0.857 bits per heavy atom. The highest BCUT2D eigenvalue weighted by Gasteiger charge is 2.23. The lowest BCUT2D eigenvalue weighted by Crippen LogP contribution is -2.27. The molecule has 0 radical (unpaired) electrons. The van der Waals surface area contributed by atoms with Crippen LogP contribution in [0.25, 0.3) is 0 Å². The highest BCUT2D eigenvalue weighted by molar-refractivity contribution is 7.47. The molecule has 2 atom stereocenters. The van der Waals surface area contributed by atoms with E-state index in [4.69, 9.17) is 13.8 Å². The van der Waals surface area contributed by atoms with Gasteiger partial charge in [-0.15, -0.1) is 0 Å². The van der Waals surface area contributed by atoms with E-state index < -0.39 is 26.5 Å². The number of nitrogens with one attached hydrogen (secondary N) is 1. The van der Waals surface area contributed by atoms with E-state index in [1.54, 1.807) is 0 Å². The van der Waals surface area contributed by atoms with Gasteiger partial charge in [0.15, 0.2) is 0 Å². The molecule has 63 heavy (non-hydrogen) atoms. The van der Waals surface area contributed by atoms with Gasteiger partial charge < -0.3 is 20.1 Å². The van der Waals surface area contributed by atoms with E-state index in [1.807, 2.05) is 0 Å². The lowest BCUT2D eigenvalue weighted by Gasteiger charge is -2.15. The number of rotatable bonds is 50. The number of amides is 1. The first-order chi connectivity index (χ1) is 30.8. The van der Waals surface area contributed by atoms with Gasteiger partial charge in [-0.25, -0.2) is 4.57 Å². The SMILES string of the molecule is CCCCC/C=C\C/C=C\C/C=C\CCCCCCCCCCCCC(=O)OCC(O)COP(=O)(O)OCCNC(=O)CCCCCCCCCCCCCCCCCCCCC. The maximum Gasteiger partial charge on any atom is 0.472 e. The first kappa shape index (κ1) is 61.2. The summed E-state index contributed by atoms with van der Waals surface area (Å²) in [5.74, 6) is -0.510. The minimum absolute atomic E-state index is 0.0845. The molecule has 0 aliphatic heterocycles. The molecule has 0 rings (SSSR count). The number of unbranched alkanes of at least 4 members (excludes halogenated alkanes) is 31. The van der Waals surface area contributed by atoms with Gasteiger partial charge in [0.2, 0.25) is 5.91 Å². The Bertz CT molecular complexity index is 1130. The molecule has 0 saturated carbocycles. The molecule has 2 unspecified atom stereocenters. The molecule has 0 aliphatic rings. The Morgan fingerprint density at radius 1 is 0.492 bits per heavy atom. The third kappa shape index (κ3) is 51.1. The maximum atomic E-state index is 12.2. The number of aliphatic hydroxyl groups is 1. The summed E-state index contributed by atoms with van der Waals surface area (Å²) < 4.78 is 27.0. The topological polar surface area (TPSA) is 131 Å². The second-order valence-electron chi connectivity index (χ2n) is 17.9. The smallest absolute Gasteiger partial charge is 0.463 e. The molecule has 0 aliphatic carbocycles. The number of phosphoric ester groups is 1. The van der Waals surface area contributed by atoms with Gasteiger partial charge in [-0.2, -0.15) is 0 Å². The summed E-state index contributed by atoms with van der Waals surface area (Å²) in [5, 5.41) is 12.8. The molecule has 0 saturated heterocycles. The lowest BCUT2D eigenvalue weighted by molar-refractivity contribution is -0.147. The van der Waals surface area contributed by atoms with Crippen molar-refractivity contribution in [2.45, 2.75) is 264 Å². The van der Waals surface area contributed by atoms with Crippen LogP contribution in [0.2, 0.25) is 0 Å². The second kappa shape index (κ2) is 49.7. The third-order valence-corrected chi connectivity index (χ3v) is 12.6. The average molecular weight is 910 g/mol. The highest BCUT2D eigenvalue weighted by atomic mass is 31.2. The Labute approximate surface area is 388 Å². The molecular weight excluding hydrogens is 810 g/mol. The fourth-order valence-corrected chi connectivity index (χ4v) is 8.32. The van der Waals surface area contributed by atoms with Gasteiger partial charge >= 0.3 is 13.8 Å². The number of carbonyl (C=O) groups excluding carboxylic acids is 2. The predicted octanol–water partition coefficient (Wildman–Crippen LogP) is 15.7. The molecule has 370 valence electrons. The van der Waals surface area contributed by atoms with Gasteiger partial charge in [-0.3, -0.25) is 18.6 Å². The number of hydrogen-bond donors (Lipinski definition) is 3. The summed E-state index contributed by atoms with van der Waals surface area (Å²) in [7, 11) is -4.42. The van der Waals surface area contributed by atoms with Crippen molar-refractivity contribution in [3.8, 4) is 0 Å². The summed E-state index contributed by atoms with van der Waals surface area (Å²) >= 11 is 0. The van der Waals surface area contributed by atoms with Gasteiger partial charge in [0, 0.05) is 19.4 Å². The third-order valence-electron chi connectivity index (χ3n) is 11.6. The Hall–Kier alpha value is -1.77. The maximum absolute atomic E-state index is 12.2. The second-order valence-corrected chi connectivity index (χ2v) is 19.3. The van der Waals surface area contributed by atoms with E-state index >= 15 is 0 Å². The fourth-order valence-electron chi connectivity index (χ4n) is 7.57. The molecule has 0 bridgehead atoms. The Morgan fingerprint density at radius 3 is 1.32 bits per heavy atom. The molecular formula is C53H100NO8P. The Balaban J connectivity index is 3.54. The monoisotopic (exact) mass is 910 g/mol. The van der Waals surface area contributed by atoms with Crippen molar-refractivity contribution >= 4 is 19.7 Å². The Kier molecular flexibility index (Phi) is 48.3. The molecule has 10 heteroatoms. The quantitative estimate of drug-likeness (QED) is 0.0238. The molecule has 1 amide bonds. The van der Waals surface area contributed by atoms with E-state index in [-0.39, 0.29) is 32.1 Å². The van der Waals surface area contributed by atoms with E-state index in [2.05, 4.69) is 55.6 Å². The summed E-state index contributed by atoms with van der Waals surface area (Å²) in [6.45, 7) is 3.57. The van der Waals surface area contributed by atoms with Crippen LogP contribution in [0.5, 0.6) is 0 Å². The summed E-state index contributed by atoms with van der Waals surface area (Å²) in [6.07, 6.45) is 58.0. The van der Waals surface area contributed by atoms with Crippen LogP contribution in [-0.2, 0) is 27.9 Å². The number of ether oxygens (including phenoxy) is 1. The van der Waals surface area contributed by atoms with Crippen LogP contribution in [0.1, 0.15) is 258 Å². The molecule has 0 aromatic heterocycles. The van der Waals surface area contributed by atoms with Crippen molar-refractivity contribution in [1.29, 1.82) is 0 Å². The minimum Gasteiger partial charge on any atom is -0.463 e. The predicted molar refractivity (Wildman–Crippen MR) is 266 cm³/mol. The van der Waals surface area contributed by atoms with Crippen molar-refractivity contribution in [2.75, 3.05) is 26.4 Å².